The average molecular weight is 426 g/mol. The molecule has 2 aliphatic carbocycles. The van der Waals surface area contributed by atoms with E-state index in [9.17, 15) is 14.3 Å². The number of aliphatic hydroxyl groups is 1. The molecule has 1 heterocycles. The van der Waals surface area contributed by atoms with Gasteiger partial charge in [-0.2, -0.15) is 5.26 Å². The van der Waals surface area contributed by atoms with Crippen LogP contribution in [0.15, 0.2) is 24.3 Å². The van der Waals surface area contributed by atoms with Gasteiger partial charge < -0.3 is 15.3 Å². The zero-order chi connectivity index (χ0) is 19.0. The van der Waals surface area contributed by atoms with Crippen LogP contribution in [-0.2, 0) is 10.4 Å². The zero-order valence-electron chi connectivity index (χ0n) is 15.5. The molecule has 1 aromatic rings. The number of amides is 1. The lowest BCUT2D eigenvalue weighted by Gasteiger charge is -2.26. The number of rotatable bonds is 4. The minimum absolute atomic E-state index is 0. The van der Waals surface area contributed by atoms with Crippen molar-refractivity contribution in [2.45, 2.75) is 42.7 Å². The highest BCUT2D eigenvalue weighted by atomic mass is 35.5. The van der Waals surface area contributed by atoms with Crippen LogP contribution in [0.3, 0.4) is 0 Å². The van der Waals surface area contributed by atoms with Crippen molar-refractivity contribution in [2.24, 2.45) is 11.8 Å². The highest BCUT2D eigenvalue weighted by Crippen LogP contribution is 2.52. The number of nitrogens with zero attached hydrogens (tertiary/aromatic N) is 2. The molecule has 1 aliphatic heterocycles. The molecule has 0 aromatic heterocycles. The van der Waals surface area contributed by atoms with E-state index in [-0.39, 0.29) is 42.1 Å². The highest BCUT2D eigenvalue weighted by molar-refractivity contribution is 8.00. The number of carbonyl (C=O) groups excluding carboxylic acids is 1. The molecule has 2 saturated carbocycles. The minimum atomic E-state index is -0.864. The third-order valence-corrected chi connectivity index (χ3v) is 7.38. The van der Waals surface area contributed by atoms with Crippen LogP contribution in [-0.4, -0.2) is 46.2 Å². The van der Waals surface area contributed by atoms with E-state index in [2.05, 4.69) is 11.4 Å². The molecule has 0 bridgehead atoms. The first-order valence-electron chi connectivity index (χ1n) is 9.51. The van der Waals surface area contributed by atoms with E-state index in [1.165, 1.54) is 23.9 Å². The van der Waals surface area contributed by atoms with E-state index in [4.69, 9.17) is 5.26 Å². The SMILES string of the molecule is Cl.N#CC1SCCN1C(=O)CNC1CC2CC(O)(c3ccc(F)cc3)CC2C1. The number of halogens is 2. The van der Waals surface area contributed by atoms with Crippen molar-refractivity contribution in [1.82, 2.24) is 10.2 Å². The van der Waals surface area contributed by atoms with Crippen LogP contribution >= 0.6 is 24.2 Å². The highest BCUT2D eigenvalue weighted by Gasteiger charge is 2.49. The molecule has 1 saturated heterocycles. The predicted octanol–water partition coefficient (Wildman–Crippen LogP) is 2.64. The quantitative estimate of drug-likeness (QED) is 0.775. The molecule has 8 heteroatoms. The molecule has 2 N–H and O–H groups in total. The summed E-state index contributed by atoms with van der Waals surface area (Å²) in [7, 11) is 0. The number of carbonyl (C=O) groups is 1. The molecule has 1 aromatic carbocycles. The van der Waals surface area contributed by atoms with Crippen molar-refractivity contribution in [3.63, 3.8) is 0 Å². The topological polar surface area (TPSA) is 76.4 Å². The molecule has 3 unspecified atom stereocenters. The summed E-state index contributed by atoms with van der Waals surface area (Å²) in [5, 5.41) is 23.1. The van der Waals surface area contributed by atoms with Crippen LogP contribution in [0.25, 0.3) is 0 Å². The number of hydrogen-bond donors (Lipinski definition) is 2. The largest absolute Gasteiger partial charge is 0.385 e. The Morgan fingerprint density at radius 2 is 1.96 bits per heavy atom. The molecule has 152 valence electrons. The van der Waals surface area contributed by atoms with Crippen LogP contribution in [0.4, 0.5) is 4.39 Å². The van der Waals surface area contributed by atoms with Gasteiger partial charge in [0.05, 0.1) is 18.2 Å². The summed E-state index contributed by atoms with van der Waals surface area (Å²) in [5.74, 6) is 1.36. The van der Waals surface area contributed by atoms with Gasteiger partial charge in [-0.15, -0.1) is 24.2 Å². The number of hydrogen-bond acceptors (Lipinski definition) is 5. The lowest BCUT2D eigenvalue weighted by Crippen LogP contribution is -2.42. The smallest absolute Gasteiger partial charge is 0.238 e. The minimum Gasteiger partial charge on any atom is -0.385 e. The van der Waals surface area contributed by atoms with Gasteiger partial charge in [0.2, 0.25) is 5.91 Å². The van der Waals surface area contributed by atoms with Crippen molar-refractivity contribution in [1.29, 1.82) is 5.26 Å². The summed E-state index contributed by atoms with van der Waals surface area (Å²) in [6, 6.07) is 8.63. The molecule has 28 heavy (non-hydrogen) atoms. The van der Waals surface area contributed by atoms with Crippen molar-refractivity contribution < 1.29 is 14.3 Å². The van der Waals surface area contributed by atoms with Gasteiger partial charge >= 0.3 is 0 Å². The molecule has 0 spiro atoms. The van der Waals surface area contributed by atoms with Gasteiger partial charge in [0.25, 0.3) is 0 Å². The van der Waals surface area contributed by atoms with Gasteiger partial charge in [-0.25, -0.2) is 4.39 Å². The van der Waals surface area contributed by atoms with Crippen LogP contribution < -0.4 is 5.32 Å². The lowest BCUT2D eigenvalue weighted by molar-refractivity contribution is -0.129. The summed E-state index contributed by atoms with van der Waals surface area (Å²) in [6.45, 7) is 0.912. The Morgan fingerprint density at radius 1 is 1.32 bits per heavy atom. The van der Waals surface area contributed by atoms with Crippen LogP contribution in [0, 0.1) is 29.0 Å². The maximum atomic E-state index is 13.1. The average Bonchev–Trinajstić information content (AvgIpc) is 3.33. The maximum Gasteiger partial charge on any atom is 0.238 e. The summed E-state index contributed by atoms with van der Waals surface area (Å²) >= 11 is 1.51. The molecule has 4 rings (SSSR count). The number of nitriles is 1. The van der Waals surface area contributed by atoms with Gasteiger partial charge in [-0.3, -0.25) is 4.79 Å². The second-order valence-corrected chi connectivity index (χ2v) is 9.14. The zero-order valence-corrected chi connectivity index (χ0v) is 17.1. The number of benzene rings is 1. The standard InChI is InChI=1S/C20H24FN3O2S.ClH/c21-16-3-1-15(2-4-16)20(26)9-13-7-17(8-14(13)10-20)23-12-18(25)24-5-6-27-19(24)11-22;/h1-4,13-14,17,19,23,26H,5-10,12H2;1H. The Hall–Kier alpha value is -1.33. The Balaban J connectivity index is 0.00000225. The maximum absolute atomic E-state index is 13.1. The van der Waals surface area contributed by atoms with Gasteiger partial charge in [0.1, 0.15) is 5.82 Å². The van der Waals surface area contributed by atoms with Gasteiger partial charge in [-0.1, -0.05) is 12.1 Å². The van der Waals surface area contributed by atoms with Crippen LogP contribution in [0.1, 0.15) is 31.2 Å². The first kappa shape index (κ1) is 21.4. The molecule has 1 amide bonds. The summed E-state index contributed by atoms with van der Waals surface area (Å²) in [4.78, 5) is 14.0. The van der Waals surface area contributed by atoms with Crippen LogP contribution in [0.2, 0.25) is 0 Å². The lowest BCUT2D eigenvalue weighted by atomic mass is 9.89. The number of fused-ring (bicyclic) bond motifs is 1. The summed E-state index contributed by atoms with van der Waals surface area (Å²) in [5.41, 5.74) is -0.0663. The Labute approximate surface area is 175 Å². The third kappa shape index (κ3) is 4.16. The van der Waals surface area contributed by atoms with E-state index in [1.807, 2.05) is 0 Å². The summed E-state index contributed by atoms with van der Waals surface area (Å²) < 4.78 is 13.1. The normalized spacial score (nSPS) is 34.0. The van der Waals surface area contributed by atoms with Crippen molar-refractivity contribution in [3.8, 4) is 6.07 Å². The van der Waals surface area contributed by atoms with Gasteiger partial charge in [-0.05, 0) is 55.2 Å². The fourth-order valence-corrected chi connectivity index (χ4v) is 5.99. The summed E-state index contributed by atoms with van der Waals surface area (Å²) in [6.07, 6.45) is 3.26. The van der Waals surface area contributed by atoms with Crippen LogP contribution in [0.5, 0.6) is 0 Å². The Bertz CT molecular complexity index is 743. The third-order valence-electron chi connectivity index (χ3n) is 6.29. The van der Waals surface area contributed by atoms with E-state index >= 15 is 0 Å². The number of thioether (sulfide) groups is 1. The fraction of sp³-hybridized carbons (Fsp3) is 0.600. The molecule has 0 radical (unpaired) electrons. The first-order valence-corrected chi connectivity index (χ1v) is 10.6. The molecule has 3 atom stereocenters. The van der Waals surface area contributed by atoms with Crippen molar-refractivity contribution >= 4 is 30.1 Å². The van der Waals surface area contributed by atoms with Crippen molar-refractivity contribution in [3.05, 3.63) is 35.6 Å². The molecule has 5 nitrogen and oxygen atoms in total. The van der Waals surface area contributed by atoms with Gasteiger partial charge in [0.15, 0.2) is 5.37 Å². The number of nitrogens with one attached hydrogen (secondary N) is 1. The van der Waals surface area contributed by atoms with E-state index in [0.29, 0.717) is 31.2 Å². The predicted molar refractivity (Wildman–Crippen MR) is 108 cm³/mol. The molecular weight excluding hydrogens is 401 g/mol. The van der Waals surface area contributed by atoms with Crippen molar-refractivity contribution in [2.75, 3.05) is 18.8 Å². The first-order chi connectivity index (χ1) is 13.0. The molecular formula is C20H25ClFN3O2S. The van der Waals surface area contributed by atoms with Gasteiger partial charge in [0, 0.05) is 18.3 Å². The van der Waals surface area contributed by atoms with E-state index in [0.717, 1.165) is 24.2 Å². The Morgan fingerprint density at radius 3 is 2.57 bits per heavy atom. The monoisotopic (exact) mass is 425 g/mol. The van der Waals surface area contributed by atoms with E-state index in [1.54, 1.807) is 17.0 Å². The van der Waals surface area contributed by atoms with E-state index < -0.39 is 5.60 Å². The molecule has 3 aliphatic rings. The molecule has 3 fully saturated rings. The fourth-order valence-electron chi connectivity index (χ4n) is 4.99. The second-order valence-electron chi connectivity index (χ2n) is 7.96. The Kier molecular flexibility index (Phi) is 6.55. The second kappa shape index (κ2) is 8.58.